The molecule has 0 radical (unpaired) electrons. The van der Waals surface area contributed by atoms with Gasteiger partial charge in [-0.3, -0.25) is 4.79 Å². The molecule has 0 fully saturated rings. The van der Waals surface area contributed by atoms with Gasteiger partial charge in [0.1, 0.15) is 0 Å². The highest BCUT2D eigenvalue weighted by Gasteiger charge is 2.14. The second kappa shape index (κ2) is 2.75. The van der Waals surface area contributed by atoms with Crippen LogP contribution >= 0.6 is 0 Å². The molecule has 3 heteroatoms. The summed E-state index contributed by atoms with van der Waals surface area (Å²) < 4.78 is 1.89. The highest BCUT2D eigenvalue weighted by atomic mass is 16.1. The summed E-state index contributed by atoms with van der Waals surface area (Å²) in [5, 5.41) is 0. The van der Waals surface area contributed by atoms with E-state index in [1.54, 1.807) is 6.92 Å². The predicted molar refractivity (Wildman–Crippen MR) is 37.9 cm³/mol. The van der Waals surface area contributed by atoms with Gasteiger partial charge in [-0.05, 0) is 0 Å². The fourth-order valence-electron chi connectivity index (χ4n) is 0.916. The van der Waals surface area contributed by atoms with Gasteiger partial charge < -0.3 is 0 Å². The van der Waals surface area contributed by atoms with Crippen molar-refractivity contribution in [2.45, 2.75) is 6.92 Å². The van der Waals surface area contributed by atoms with E-state index in [9.17, 15) is 4.79 Å². The summed E-state index contributed by atoms with van der Waals surface area (Å²) >= 11 is 0. The molecule has 0 saturated heterocycles. The third kappa shape index (κ3) is 1.77. The summed E-state index contributed by atoms with van der Waals surface area (Å²) in [5.74, 6) is 0.190. The van der Waals surface area contributed by atoms with Crippen molar-refractivity contribution in [3.05, 3.63) is 12.4 Å². The minimum atomic E-state index is 0.190. The largest absolute Gasteiger partial charge is 0.335 e. The average molecular weight is 140 g/mol. The molecule has 1 heterocycles. The number of carbonyl (C=O) groups is 1. The second-order valence-corrected chi connectivity index (χ2v) is 2.56. The molecule has 0 aromatic rings. The Kier molecular flexibility index (Phi) is 1.97. The quantitative estimate of drug-likeness (QED) is 0.469. The Balaban J connectivity index is 2.52. The number of hydrogen-bond donors (Lipinski definition) is 1. The zero-order valence-electron chi connectivity index (χ0n) is 6.29. The van der Waals surface area contributed by atoms with Crippen LogP contribution < -0.4 is 4.90 Å². The summed E-state index contributed by atoms with van der Waals surface area (Å²) in [4.78, 5) is 11.8. The first-order valence-electron chi connectivity index (χ1n) is 3.30. The van der Waals surface area contributed by atoms with Crippen molar-refractivity contribution in [3.8, 4) is 0 Å². The summed E-state index contributed by atoms with van der Waals surface area (Å²) in [5.41, 5.74) is 0. The van der Waals surface area contributed by atoms with Gasteiger partial charge in [-0.2, -0.15) is 0 Å². The van der Waals surface area contributed by atoms with Gasteiger partial charge in [0.25, 0.3) is 0 Å². The zero-order valence-corrected chi connectivity index (χ0v) is 6.29. The standard InChI is InChI=1S/C7H11N2O/c1-7(10)5-9-4-3-8(2)6-9/h3-4,6H,5H2,1-2H3/q+1/p+1. The third-order valence-corrected chi connectivity index (χ3v) is 1.30. The highest BCUT2D eigenvalue weighted by Crippen LogP contribution is 1.78. The third-order valence-electron chi connectivity index (χ3n) is 1.30. The molecule has 1 N–H and O–H groups in total. The number of nitrogens with one attached hydrogen (secondary N) is 1. The lowest BCUT2D eigenvalue weighted by Crippen LogP contribution is -3.02. The average Bonchev–Trinajstić information content (AvgIpc) is 2.13. The lowest BCUT2D eigenvalue weighted by atomic mass is 10.4. The summed E-state index contributed by atoms with van der Waals surface area (Å²) in [7, 11) is 2.01. The first-order valence-corrected chi connectivity index (χ1v) is 3.30. The maximum Gasteiger partial charge on any atom is 0.335 e. The van der Waals surface area contributed by atoms with Crippen molar-refractivity contribution >= 4 is 12.1 Å². The van der Waals surface area contributed by atoms with Crippen LogP contribution in [-0.4, -0.2) is 30.3 Å². The minimum absolute atomic E-state index is 0.190. The molecule has 0 aliphatic carbocycles. The van der Waals surface area contributed by atoms with Crippen LogP contribution in [0.15, 0.2) is 12.4 Å². The van der Waals surface area contributed by atoms with Crippen molar-refractivity contribution in [2.24, 2.45) is 0 Å². The second-order valence-electron chi connectivity index (χ2n) is 2.56. The molecular formula is C7H12N2O+2. The number of nitrogens with zero attached hydrogens (tertiary/aromatic N) is 1. The van der Waals surface area contributed by atoms with E-state index in [1.807, 2.05) is 30.4 Å². The molecule has 1 atom stereocenters. The number of quaternary nitrogens is 1. The van der Waals surface area contributed by atoms with E-state index in [0.29, 0.717) is 6.54 Å². The number of ketones is 1. The van der Waals surface area contributed by atoms with E-state index >= 15 is 0 Å². The molecule has 0 aromatic heterocycles. The maximum absolute atomic E-state index is 10.6. The van der Waals surface area contributed by atoms with Crippen LogP contribution in [0.1, 0.15) is 6.92 Å². The Morgan fingerprint density at radius 1 is 1.70 bits per heavy atom. The van der Waals surface area contributed by atoms with E-state index in [4.69, 9.17) is 0 Å². The van der Waals surface area contributed by atoms with Gasteiger partial charge in [0.05, 0.1) is 7.05 Å². The molecule has 54 valence electrons. The van der Waals surface area contributed by atoms with Crippen LogP contribution in [0.4, 0.5) is 0 Å². The number of Topliss-reactive ketones (excluding diaryl/α,β-unsaturated/α-hetero) is 1. The number of hydrogen-bond acceptors (Lipinski definition) is 1. The highest BCUT2D eigenvalue weighted by molar-refractivity contribution is 5.76. The molecule has 3 nitrogen and oxygen atoms in total. The van der Waals surface area contributed by atoms with E-state index in [-0.39, 0.29) is 5.78 Å². The number of rotatable bonds is 2. The van der Waals surface area contributed by atoms with Gasteiger partial charge in [-0.15, -0.1) is 4.58 Å². The lowest BCUT2D eigenvalue weighted by Gasteiger charge is -1.87. The lowest BCUT2D eigenvalue weighted by molar-refractivity contribution is -0.724. The Morgan fingerprint density at radius 2 is 2.40 bits per heavy atom. The van der Waals surface area contributed by atoms with Gasteiger partial charge >= 0.3 is 6.34 Å². The van der Waals surface area contributed by atoms with Crippen LogP contribution in [0, 0.1) is 0 Å². The van der Waals surface area contributed by atoms with E-state index in [1.165, 1.54) is 4.90 Å². The molecule has 0 bridgehead atoms. The van der Waals surface area contributed by atoms with Crippen molar-refractivity contribution in [1.29, 1.82) is 0 Å². The summed E-state index contributed by atoms with van der Waals surface area (Å²) in [6.07, 6.45) is 5.86. The van der Waals surface area contributed by atoms with Gasteiger partial charge in [0.15, 0.2) is 12.0 Å². The molecule has 1 aliphatic heterocycles. The monoisotopic (exact) mass is 140 g/mol. The van der Waals surface area contributed by atoms with Crippen molar-refractivity contribution in [2.75, 3.05) is 13.6 Å². The Hall–Kier alpha value is -0.960. The first kappa shape index (κ1) is 7.15. The molecule has 1 aliphatic rings. The molecule has 0 spiro atoms. The van der Waals surface area contributed by atoms with Crippen molar-refractivity contribution in [1.82, 2.24) is 0 Å². The molecular weight excluding hydrogens is 128 g/mol. The van der Waals surface area contributed by atoms with Crippen LogP contribution in [0.2, 0.25) is 0 Å². The van der Waals surface area contributed by atoms with Crippen LogP contribution in [0.25, 0.3) is 0 Å². The topological polar surface area (TPSA) is 24.5 Å². The summed E-state index contributed by atoms with van der Waals surface area (Å²) in [6, 6.07) is 0. The van der Waals surface area contributed by atoms with Crippen LogP contribution in [0.3, 0.4) is 0 Å². The molecule has 1 unspecified atom stereocenters. The van der Waals surface area contributed by atoms with Gasteiger partial charge in [0, 0.05) is 6.92 Å². The molecule has 0 saturated carbocycles. The van der Waals surface area contributed by atoms with Crippen LogP contribution in [0.5, 0.6) is 0 Å². The fourth-order valence-corrected chi connectivity index (χ4v) is 0.916. The van der Waals surface area contributed by atoms with Crippen LogP contribution in [-0.2, 0) is 4.79 Å². The van der Waals surface area contributed by atoms with Crippen molar-refractivity contribution < 1.29 is 14.3 Å². The summed E-state index contributed by atoms with van der Waals surface area (Å²) in [6.45, 7) is 2.09. The number of carbonyl (C=O) groups excluding carboxylic acids is 1. The minimum Gasteiger partial charge on any atom is -0.293 e. The molecule has 0 amide bonds. The molecule has 0 aromatic carbocycles. The van der Waals surface area contributed by atoms with E-state index in [2.05, 4.69) is 0 Å². The smallest absolute Gasteiger partial charge is 0.293 e. The Labute approximate surface area is 60.3 Å². The Bertz CT molecular complexity index is 206. The SMILES string of the molecule is CC(=O)C[N+]1=C[NH+](C)C=C1. The fraction of sp³-hybridized carbons (Fsp3) is 0.429. The van der Waals surface area contributed by atoms with E-state index in [0.717, 1.165) is 0 Å². The van der Waals surface area contributed by atoms with Gasteiger partial charge in [0.2, 0.25) is 12.7 Å². The normalized spacial score (nSPS) is 23.0. The molecule has 10 heavy (non-hydrogen) atoms. The predicted octanol–water partition coefficient (Wildman–Crippen LogP) is -1.38. The van der Waals surface area contributed by atoms with Gasteiger partial charge in [-0.25, -0.2) is 4.90 Å². The van der Waals surface area contributed by atoms with Crippen molar-refractivity contribution in [3.63, 3.8) is 0 Å². The van der Waals surface area contributed by atoms with Gasteiger partial charge in [-0.1, -0.05) is 0 Å². The molecule has 1 rings (SSSR count). The zero-order chi connectivity index (χ0) is 7.56. The maximum atomic E-state index is 10.6. The first-order chi connectivity index (χ1) is 4.68. The Morgan fingerprint density at radius 3 is 2.80 bits per heavy atom. The van der Waals surface area contributed by atoms with E-state index < -0.39 is 0 Å².